The first-order valence-electron chi connectivity index (χ1n) is 19.6. The maximum Gasteiger partial charge on any atom is 0.169 e. The maximum absolute atomic E-state index is 13.0. The summed E-state index contributed by atoms with van der Waals surface area (Å²) >= 11 is 3.85. The number of carboxylic acid groups (broad SMARTS) is 2. The lowest BCUT2D eigenvalue weighted by Gasteiger charge is -2.51. The molecule has 57 heavy (non-hydrogen) atoms. The van der Waals surface area contributed by atoms with E-state index in [1.165, 1.54) is 0 Å². The molecule has 12 heteroatoms. The zero-order valence-corrected chi connectivity index (χ0v) is 35.3. The number of hydrogen-bond acceptors (Lipinski definition) is 9. The van der Waals surface area contributed by atoms with Gasteiger partial charge in [-0.25, -0.2) is 0 Å². The molecule has 0 fully saturated rings. The van der Waals surface area contributed by atoms with Crippen molar-refractivity contribution in [2.24, 2.45) is 0 Å². The second-order valence-corrected chi connectivity index (χ2v) is 16.7. The van der Waals surface area contributed by atoms with Crippen molar-refractivity contribution in [2.45, 2.75) is 76.5 Å². The van der Waals surface area contributed by atoms with Gasteiger partial charge in [0.15, 0.2) is 28.7 Å². The first kappa shape index (κ1) is 40.4. The summed E-state index contributed by atoms with van der Waals surface area (Å²) in [5.74, 6) is 1.57. The van der Waals surface area contributed by atoms with Crippen molar-refractivity contribution >= 4 is 27.9 Å². The standard InChI is InChI=1S/C45H51BrN2O9/c1-8-32(44(49)50)47(3)18-16-28-23-37(54-6)39-25-31(28)34(47)20-26-10-13-30(14-11-26)56-38-22-27(12-15-36(38)53-5)21-35-41-29(24-40(55-7)42(46)43(41)57-39)17-19-48(35,4)33(9-2)45(51)52/h10-15,22-25,32-35H,8-9,16-21H2,1-7H3. The number of hydrogen-bond donors (Lipinski definition) is 0. The minimum Gasteiger partial charge on any atom is -0.544 e. The van der Waals surface area contributed by atoms with E-state index in [1.54, 1.807) is 21.3 Å². The SMILES string of the molecule is CCC(C(=O)[O-])[N+]1(C)CCc2cc(OC)c3cc2C1Cc1ccc(cc1)Oc1cc(ccc1OC)CC1c2c(cc(OC)c(Br)c2O3)CC[N+]1(C)C(CC)C(=O)[O-]. The molecule has 0 saturated heterocycles. The number of quaternary nitrogens is 2. The van der Waals surface area contributed by atoms with E-state index in [9.17, 15) is 19.8 Å². The van der Waals surface area contributed by atoms with Crippen LogP contribution in [0.3, 0.4) is 0 Å². The smallest absolute Gasteiger partial charge is 0.169 e. The Hall–Kier alpha value is -4.78. The summed E-state index contributed by atoms with van der Waals surface area (Å²) in [4.78, 5) is 25.8. The topological polar surface area (TPSA) is 126 Å². The molecule has 0 radical (unpaired) electrons. The molecule has 0 saturated carbocycles. The molecule has 302 valence electrons. The third-order valence-corrected chi connectivity index (χ3v) is 13.7. The van der Waals surface area contributed by atoms with Crippen LogP contribution in [0.4, 0.5) is 0 Å². The van der Waals surface area contributed by atoms with Gasteiger partial charge in [-0.15, -0.1) is 0 Å². The zero-order valence-electron chi connectivity index (χ0n) is 33.7. The summed E-state index contributed by atoms with van der Waals surface area (Å²) < 4.78 is 32.3. The van der Waals surface area contributed by atoms with E-state index >= 15 is 0 Å². The molecule has 4 aromatic rings. The van der Waals surface area contributed by atoms with Crippen LogP contribution in [-0.4, -0.2) is 81.5 Å². The number of carboxylic acids is 2. The average molecular weight is 844 g/mol. The van der Waals surface area contributed by atoms with Crippen LogP contribution in [0, 0.1) is 0 Å². The zero-order chi connectivity index (χ0) is 40.8. The number of halogens is 1. The molecule has 0 aliphatic carbocycles. The third kappa shape index (κ3) is 7.10. The van der Waals surface area contributed by atoms with E-state index in [1.807, 2.05) is 88.6 Å². The number of fused-ring (bicyclic) bond motifs is 2. The predicted molar refractivity (Wildman–Crippen MR) is 214 cm³/mol. The monoisotopic (exact) mass is 842 g/mol. The summed E-state index contributed by atoms with van der Waals surface area (Å²) in [5.41, 5.74) is 5.79. The van der Waals surface area contributed by atoms with Gasteiger partial charge in [0.1, 0.15) is 40.1 Å². The molecule has 6 bridgehead atoms. The molecule has 6 atom stereocenters. The number of carbonyl (C=O) groups is 2. The van der Waals surface area contributed by atoms with E-state index in [4.69, 9.17) is 23.7 Å². The van der Waals surface area contributed by atoms with E-state index in [-0.39, 0.29) is 15.0 Å². The molecule has 11 nitrogen and oxygen atoms in total. The quantitative estimate of drug-likeness (QED) is 0.187. The summed E-state index contributed by atoms with van der Waals surface area (Å²) in [6.45, 7) is 4.91. The van der Waals surface area contributed by atoms with Crippen LogP contribution >= 0.6 is 15.9 Å². The van der Waals surface area contributed by atoms with Crippen molar-refractivity contribution in [1.29, 1.82) is 0 Å². The van der Waals surface area contributed by atoms with Gasteiger partial charge in [0, 0.05) is 44.1 Å². The normalized spacial score (nSPS) is 23.4. The lowest BCUT2D eigenvalue weighted by molar-refractivity contribution is -0.958. The molecule has 4 aliphatic heterocycles. The number of nitrogens with zero attached hydrogens (tertiary/aromatic N) is 2. The van der Waals surface area contributed by atoms with Gasteiger partial charge in [0.2, 0.25) is 0 Å². The van der Waals surface area contributed by atoms with Crippen LogP contribution in [0.5, 0.6) is 40.2 Å². The number of aliphatic carboxylic acids is 2. The Morgan fingerprint density at radius 3 is 1.86 bits per heavy atom. The predicted octanol–water partition coefficient (Wildman–Crippen LogP) is 6.00. The molecule has 8 rings (SSSR count). The van der Waals surface area contributed by atoms with Crippen molar-refractivity contribution in [3.05, 3.63) is 98.5 Å². The van der Waals surface area contributed by atoms with Crippen LogP contribution in [-0.2, 0) is 35.3 Å². The summed E-state index contributed by atoms with van der Waals surface area (Å²) in [5, 5.41) is 25.8. The highest BCUT2D eigenvalue weighted by Gasteiger charge is 2.48. The first-order valence-corrected chi connectivity index (χ1v) is 20.4. The Balaban J connectivity index is 1.53. The second-order valence-electron chi connectivity index (χ2n) is 15.9. The van der Waals surface area contributed by atoms with Gasteiger partial charge in [-0.05, 0) is 80.6 Å². The van der Waals surface area contributed by atoms with Crippen molar-refractivity contribution < 1.29 is 52.5 Å². The molecule has 0 spiro atoms. The Morgan fingerprint density at radius 1 is 0.719 bits per heavy atom. The van der Waals surface area contributed by atoms with Crippen LogP contribution in [0.2, 0.25) is 0 Å². The first-order chi connectivity index (χ1) is 27.3. The fourth-order valence-electron chi connectivity index (χ4n) is 9.86. The molecule has 4 aromatic carbocycles. The molecular formula is C45H51BrN2O9. The number of benzene rings is 4. The highest BCUT2D eigenvalue weighted by Crippen LogP contribution is 2.53. The molecule has 0 aromatic heterocycles. The Labute approximate surface area is 343 Å². The van der Waals surface area contributed by atoms with Crippen molar-refractivity contribution in [3.63, 3.8) is 0 Å². The highest BCUT2D eigenvalue weighted by atomic mass is 79.9. The molecule has 0 amide bonds. The van der Waals surface area contributed by atoms with Gasteiger partial charge in [0.25, 0.3) is 0 Å². The molecule has 0 N–H and O–H groups in total. The summed E-state index contributed by atoms with van der Waals surface area (Å²) in [6, 6.07) is 17.5. The van der Waals surface area contributed by atoms with Gasteiger partial charge in [0.05, 0.1) is 66.0 Å². The van der Waals surface area contributed by atoms with Gasteiger partial charge >= 0.3 is 0 Å². The fourth-order valence-corrected chi connectivity index (χ4v) is 10.4. The minimum atomic E-state index is -1.11. The van der Waals surface area contributed by atoms with Crippen molar-refractivity contribution in [3.8, 4) is 40.2 Å². The number of methoxy groups -OCH3 is 3. The number of likely N-dealkylation sites (N-methyl/N-ethyl adjacent to an activating group) is 2. The van der Waals surface area contributed by atoms with Gasteiger partial charge < -0.3 is 52.5 Å². The van der Waals surface area contributed by atoms with E-state index in [0.717, 1.165) is 33.4 Å². The largest absolute Gasteiger partial charge is 0.544 e. The lowest BCUT2D eigenvalue weighted by atomic mass is 9.83. The minimum absolute atomic E-state index is 0.172. The highest BCUT2D eigenvalue weighted by molar-refractivity contribution is 9.10. The van der Waals surface area contributed by atoms with Crippen molar-refractivity contribution in [2.75, 3.05) is 48.5 Å². The Morgan fingerprint density at radius 2 is 1.26 bits per heavy atom. The van der Waals surface area contributed by atoms with E-state index in [0.29, 0.717) is 96.3 Å². The third-order valence-electron chi connectivity index (χ3n) is 13.0. The Bertz CT molecular complexity index is 2190. The van der Waals surface area contributed by atoms with Gasteiger partial charge in [-0.2, -0.15) is 0 Å². The molecular weight excluding hydrogens is 792 g/mol. The van der Waals surface area contributed by atoms with Crippen molar-refractivity contribution in [1.82, 2.24) is 0 Å². The fraction of sp³-hybridized carbons (Fsp3) is 0.422. The molecule has 4 aliphatic rings. The second kappa shape index (κ2) is 15.9. The summed E-state index contributed by atoms with van der Waals surface area (Å²) in [7, 11) is 8.84. The Kier molecular flexibility index (Phi) is 11.3. The number of carbonyl (C=O) groups excluding carboxylic acids is 2. The number of ether oxygens (including phenoxy) is 5. The van der Waals surface area contributed by atoms with Crippen LogP contribution in [0.1, 0.15) is 72.2 Å². The number of rotatable bonds is 9. The average Bonchev–Trinajstić information content (AvgIpc) is 3.18. The summed E-state index contributed by atoms with van der Waals surface area (Å²) in [6.07, 6.45) is 2.95. The van der Waals surface area contributed by atoms with E-state index in [2.05, 4.69) is 15.9 Å². The maximum atomic E-state index is 13.0. The molecule has 4 heterocycles. The van der Waals surface area contributed by atoms with Crippen LogP contribution in [0.25, 0.3) is 0 Å². The molecule has 6 unspecified atom stereocenters. The van der Waals surface area contributed by atoms with Crippen LogP contribution < -0.4 is 33.9 Å². The van der Waals surface area contributed by atoms with Gasteiger partial charge in [-0.3, -0.25) is 0 Å². The lowest BCUT2D eigenvalue weighted by Crippen LogP contribution is -2.63. The van der Waals surface area contributed by atoms with Crippen LogP contribution in [0.15, 0.2) is 65.1 Å². The van der Waals surface area contributed by atoms with E-state index < -0.39 is 30.1 Å². The van der Waals surface area contributed by atoms with Gasteiger partial charge in [-0.1, -0.05) is 32.0 Å².